The van der Waals surface area contributed by atoms with Crippen molar-refractivity contribution in [1.29, 1.82) is 5.26 Å². The summed E-state index contributed by atoms with van der Waals surface area (Å²) in [5.74, 6) is 4.23. The maximum atomic E-state index is 9.85. The normalized spacial score (nSPS) is 8.50. The van der Waals surface area contributed by atoms with E-state index in [1.165, 1.54) is 5.01 Å². The summed E-state index contributed by atoms with van der Waals surface area (Å²) in [4.78, 5) is 9.85. The molecule has 0 saturated carbocycles. The predicted octanol–water partition coefficient (Wildman–Crippen LogP) is 0.743. The summed E-state index contributed by atoms with van der Waals surface area (Å²) in [5.41, 5.74) is 0.648. The lowest BCUT2D eigenvalue weighted by Crippen LogP contribution is -2.35. The second-order valence-electron chi connectivity index (χ2n) is 2.53. The molecule has 0 fully saturated rings. The zero-order chi connectivity index (χ0) is 11.6. The third-order valence-electron chi connectivity index (χ3n) is 1.33. The number of carboxylic acid groups (broad SMARTS) is 1. The summed E-state index contributed by atoms with van der Waals surface area (Å²) < 4.78 is 0. The zero-order valence-corrected chi connectivity index (χ0v) is 8.66. The Kier molecular flexibility index (Phi) is 10.5. The molecular weight excluding hydrogens is 182 g/mol. The van der Waals surface area contributed by atoms with Crippen LogP contribution in [0.4, 0.5) is 0 Å². The topological polar surface area (TPSA) is 90.4 Å². The molecule has 14 heavy (non-hydrogen) atoms. The lowest BCUT2D eigenvalue weighted by molar-refractivity contribution is -0.138. The Hall–Kier alpha value is -1.38. The number of nitrogens with two attached hydrogens (primary N) is 1. The van der Waals surface area contributed by atoms with Gasteiger partial charge in [-0.2, -0.15) is 5.26 Å². The average molecular weight is 199 g/mol. The molecule has 0 aliphatic carbocycles. The number of nitriles is 1. The highest BCUT2D eigenvalue weighted by Crippen LogP contribution is 1.89. The van der Waals surface area contributed by atoms with Gasteiger partial charge in [0.1, 0.15) is 6.54 Å². The number of allylic oxidation sites excluding steroid dienone is 1. The van der Waals surface area contributed by atoms with E-state index in [9.17, 15) is 4.79 Å². The summed E-state index contributed by atoms with van der Waals surface area (Å²) in [7, 11) is 0. The van der Waals surface area contributed by atoms with Gasteiger partial charge < -0.3 is 5.11 Å². The molecule has 80 valence electrons. The van der Waals surface area contributed by atoms with Crippen LogP contribution in [0.2, 0.25) is 0 Å². The van der Waals surface area contributed by atoms with Crippen LogP contribution in [0.5, 0.6) is 0 Å². The minimum atomic E-state index is -0.894. The average Bonchev–Trinajstić information content (AvgIpc) is 2.16. The highest BCUT2D eigenvalue weighted by Gasteiger charge is 1.99. The minimum Gasteiger partial charge on any atom is -0.480 e. The van der Waals surface area contributed by atoms with Crippen molar-refractivity contribution in [2.45, 2.75) is 20.3 Å². The molecule has 0 amide bonds. The molecule has 0 aromatic rings. The lowest BCUT2D eigenvalue weighted by Gasteiger charge is -2.07. The molecule has 0 bridgehead atoms. The number of rotatable bonds is 4. The van der Waals surface area contributed by atoms with E-state index in [1.54, 1.807) is 6.92 Å². The summed E-state index contributed by atoms with van der Waals surface area (Å²) in [6, 6.07) is 1.92. The van der Waals surface area contributed by atoms with E-state index in [1.807, 2.05) is 13.0 Å². The van der Waals surface area contributed by atoms with Crippen molar-refractivity contribution in [2.75, 3.05) is 13.1 Å². The smallest absolute Gasteiger partial charge is 0.319 e. The second-order valence-corrected chi connectivity index (χ2v) is 2.53. The number of aliphatic carboxylic acids is 1. The fraction of sp³-hybridized carbons (Fsp3) is 0.556. The van der Waals surface area contributed by atoms with Crippen LogP contribution < -0.4 is 5.84 Å². The molecule has 0 aliphatic rings. The Balaban J connectivity index is 0. The molecule has 0 radical (unpaired) electrons. The molecule has 0 heterocycles. The zero-order valence-electron chi connectivity index (χ0n) is 8.66. The molecule has 0 saturated heterocycles. The van der Waals surface area contributed by atoms with Gasteiger partial charge in [-0.15, -0.1) is 0 Å². The van der Waals surface area contributed by atoms with Crippen LogP contribution in [-0.2, 0) is 4.79 Å². The van der Waals surface area contributed by atoms with Crippen LogP contribution >= 0.6 is 0 Å². The standard InChI is InChI=1S/C5H7N.C4H10N2O2/c1-3-5(2)4-6;1-2-6(5)3-4(7)8/h2-3H2,1H3;2-3,5H2,1H3,(H,7,8). The van der Waals surface area contributed by atoms with E-state index in [0.717, 1.165) is 6.42 Å². The van der Waals surface area contributed by atoms with Crippen LogP contribution in [0.15, 0.2) is 12.2 Å². The summed E-state index contributed by atoms with van der Waals surface area (Å²) in [6.07, 6.45) is 0.774. The van der Waals surface area contributed by atoms with E-state index in [0.29, 0.717) is 12.1 Å². The predicted molar refractivity (Wildman–Crippen MR) is 54.1 cm³/mol. The van der Waals surface area contributed by atoms with Crippen molar-refractivity contribution in [2.24, 2.45) is 5.84 Å². The van der Waals surface area contributed by atoms with Gasteiger partial charge >= 0.3 is 5.97 Å². The van der Waals surface area contributed by atoms with Crippen molar-refractivity contribution in [3.63, 3.8) is 0 Å². The van der Waals surface area contributed by atoms with Gasteiger partial charge in [-0.3, -0.25) is 10.6 Å². The monoisotopic (exact) mass is 199 g/mol. The molecule has 5 heteroatoms. The quantitative estimate of drug-likeness (QED) is 0.396. The van der Waals surface area contributed by atoms with Gasteiger partial charge in [0.05, 0.1) is 6.07 Å². The minimum absolute atomic E-state index is 0.0868. The second kappa shape index (κ2) is 9.71. The van der Waals surface area contributed by atoms with Gasteiger partial charge in [0.25, 0.3) is 0 Å². The van der Waals surface area contributed by atoms with Crippen LogP contribution in [0.1, 0.15) is 20.3 Å². The van der Waals surface area contributed by atoms with Crippen LogP contribution in [0.25, 0.3) is 0 Å². The first kappa shape index (κ1) is 15.1. The van der Waals surface area contributed by atoms with Crippen LogP contribution in [-0.4, -0.2) is 29.2 Å². The lowest BCUT2D eigenvalue weighted by atomic mass is 10.3. The van der Waals surface area contributed by atoms with E-state index in [-0.39, 0.29) is 6.54 Å². The third kappa shape index (κ3) is 13.2. The first-order valence-corrected chi connectivity index (χ1v) is 4.27. The van der Waals surface area contributed by atoms with Gasteiger partial charge in [0, 0.05) is 12.1 Å². The first-order valence-electron chi connectivity index (χ1n) is 4.27. The van der Waals surface area contributed by atoms with Gasteiger partial charge in [-0.25, -0.2) is 5.01 Å². The fourth-order valence-corrected chi connectivity index (χ4v) is 0.365. The van der Waals surface area contributed by atoms with Crippen molar-refractivity contribution in [1.82, 2.24) is 5.01 Å². The summed E-state index contributed by atoms with van der Waals surface area (Å²) in [5, 5.41) is 17.3. The molecule has 0 atom stereocenters. The molecule has 5 nitrogen and oxygen atoms in total. The number of nitrogens with zero attached hydrogens (tertiary/aromatic N) is 2. The van der Waals surface area contributed by atoms with E-state index < -0.39 is 5.97 Å². The van der Waals surface area contributed by atoms with Gasteiger partial charge in [0.15, 0.2) is 0 Å². The number of hydrogen-bond acceptors (Lipinski definition) is 4. The Morgan fingerprint density at radius 2 is 2.14 bits per heavy atom. The molecule has 0 rings (SSSR count). The largest absolute Gasteiger partial charge is 0.480 e. The Bertz CT molecular complexity index is 221. The number of hydrogen-bond donors (Lipinski definition) is 2. The molecular formula is C9H17N3O2. The van der Waals surface area contributed by atoms with E-state index in [4.69, 9.17) is 16.2 Å². The highest BCUT2D eigenvalue weighted by molar-refractivity contribution is 5.68. The summed E-state index contributed by atoms with van der Waals surface area (Å²) >= 11 is 0. The number of likely N-dealkylation sites (N-methyl/N-ethyl adjacent to an activating group) is 1. The first-order chi connectivity index (χ1) is 6.47. The van der Waals surface area contributed by atoms with Gasteiger partial charge in [0.2, 0.25) is 0 Å². The number of carboxylic acids is 1. The Morgan fingerprint density at radius 3 is 2.21 bits per heavy atom. The maximum Gasteiger partial charge on any atom is 0.319 e. The molecule has 0 aromatic heterocycles. The number of carbonyl (C=O) groups is 1. The molecule has 0 unspecified atom stereocenters. The van der Waals surface area contributed by atoms with Gasteiger partial charge in [-0.1, -0.05) is 20.4 Å². The highest BCUT2D eigenvalue weighted by atomic mass is 16.4. The van der Waals surface area contributed by atoms with Crippen molar-refractivity contribution >= 4 is 5.97 Å². The van der Waals surface area contributed by atoms with E-state index >= 15 is 0 Å². The maximum absolute atomic E-state index is 9.85. The van der Waals surface area contributed by atoms with Crippen molar-refractivity contribution < 1.29 is 9.90 Å². The Labute approximate surface area is 84.4 Å². The molecule has 3 N–H and O–H groups in total. The molecule has 0 spiro atoms. The van der Waals surface area contributed by atoms with Gasteiger partial charge in [-0.05, 0) is 6.42 Å². The van der Waals surface area contributed by atoms with Crippen molar-refractivity contribution in [3.05, 3.63) is 12.2 Å². The van der Waals surface area contributed by atoms with Crippen molar-refractivity contribution in [3.8, 4) is 6.07 Å². The number of hydrazine groups is 1. The fourth-order valence-electron chi connectivity index (χ4n) is 0.365. The molecule has 0 aromatic carbocycles. The van der Waals surface area contributed by atoms with E-state index in [2.05, 4.69) is 6.58 Å². The molecule has 0 aliphatic heterocycles. The SMILES string of the molecule is C=C(C#N)CC.CCN(N)CC(=O)O. The Morgan fingerprint density at radius 1 is 1.64 bits per heavy atom. The summed E-state index contributed by atoms with van der Waals surface area (Å²) in [6.45, 7) is 7.61. The van der Waals surface area contributed by atoms with Crippen LogP contribution in [0, 0.1) is 11.3 Å². The third-order valence-corrected chi connectivity index (χ3v) is 1.33. The van der Waals surface area contributed by atoms with Crippen LogP contribution in [0.3, 0.4) is 0 Å².